The molecule has 5 nitrogen and oxygen atoms in total. The molecule has 0 aliphatic heterocycles. The van der Waals surface area contributed by atoms with Crippen LogP contribution in [0.1, 0.15) is 64.5 Å². The highest BCUT2D eigenvalue weighted by Crippen LogP contribution is 2.14. The van der Waals surface area contributed by atoms with Crippen molar-refractivity contribution in [1.29, 1.82) is 0 Å². The van der Waals surface area contributed by atoms with E-state index in [-0.39, 0.29) is 0 Å². The fraction of sp³-hybridized carbons (Fsp3) is 0.800. The van der Waals surface area contributed by atoms with E-state index in [9.17, 15) is 8.42 Å². The van der Waals surface area contributed by atoms with Crippen molar-refractivity contribution in [1.82, 2.24) is 14.5 Å². The zero-order chi connectivity index (χ0) is 15.7. The number of hydrogen-bond acceptors (Lipinski definition) is 3. The first kappa shape index (κ1) is 18.2. The van der Waals surface area contributed by atoms with E-state index in [0.29, 0.717) is 23.7 Å². The average Bonchev–Trinajstić information content (AvgIpc) is 2.83. The largest absolute Gasteiger partial charge is 0.269 e. The molecule has 0 saturated carbocycles. The summed E-state index contributed by atoms with van der Waals surface area (Å²) in [5.74, 6) is 0. The van der Waals surface area contributed by atoms with Gasteiger partial charge in [0.25, 0.3) is 0 Å². The molecule has 0 radical (unpaired) electrons. The first-order valence-corrected chi connectivity index (χ1v) is 9.53. The Labute approximate surface area is 129 Å². The van der Waals surface area contributed by atoms with E-state index in [0.717, 1.165) is 12.8 Å². The van der Waals surface area contributed by atoms with Gasteiger partial charge in [-0.3, -0.25) is 4.68 Å². The van der Waals surface area contributed by atoms with Gasteiger partial charge >= 0.3 is 0 Å². The summed E-state index contributed by atoms with van der Waals surface area (Å²) in [5, 5.41) is 4.08. The van der Waals surface area contributed by atoms with Crippen molar-refractivity contribution in [2.45, 2.75) is 77.2 Å². The average molecular weight is 315 g/mol. The molecule has 0 aromatic carbocycles. The van der Waals surface area contributed by atoms with Gasteiger partial charge in [-0.2, -0.15) is 5.10 Å². The van der Waals surface area contributed by atoms with Crippen LogP contribution in [0.25, 0.3) is 0 Å². The quantitative estimate of drug-likeness (QED) is 0.638. The maximum atomic E-state index is 12.2. The molecule has 0 bridgehead atoms. The van der Waals surface area contributed by atoms with Gasteiger partial charge < -0.3 is 0 Å². The Morgan fingerprint density at radius 1 is 1.10 bits per heavy atom. The predicted octanol–water partition coefficient (Wildman–Crippen LogP) is 3.24. The molecule has 1 aromatic heterocycles. The Bertz CT molecular complexity index is 509. The highest BCUT2D eigenvalue weighted by molar-refractivity contribution is 7.89. The molecule has 122 valence electrons. The minimum Gasteiger partial charge on any atom is -0.269 e. The van der Waals surface area contributed by atoms with Crippen molar-refractivity contribution in [2.75, 3.05) is 6.54 Å². The smallest absolute Gasteiger partial charge is 0.243 e. The zero-order valence-electron chi connectivity index (χ0n) is 13.6. The van der Waals surface area contributed by atoms with Crippen LogP contribution in [0, 0.1) is 6.92 Å². The van der Waals surface area contributed by atoms with Gasteiger partial charge in [0.15, 0.2) is 0 Å². The number of nitrogens with zero attached hydrogens (tertiary/aromatic N) is 2. The van der Waals surface area contributed by atoms with Crippen LogP contribution in [0.2, 0.25) is 0 Å². The molecule has 0 aliphatic rings. The molecule has 1 rings (SSSR count). The SMILES string of the molecule is CCCCCCCCCNS(=O)(=O)c1cnn(CC)c1C. The lowest BCUT2D eigenvalue weighted by atomic mass is 10.1. The van der Waals surface area contributed by atoms with Crippen LogP contribution in [-0.4, -0.2) is 24.7 Å². The third kappa shape index (κ3) is 5.79. The van der Waals surface area contributed by atoms with Crippen LogP contribution in [0.4, 0.5) is 0 Å². The Hall–Kier alpha value is -0.880. The first-order valence-electron chi connectivity index (χ1n) is 8.05. The molecule has 6 heteroatoms. The second kappa shape index (κ2) is 9.20. The van der Waals surface area contributed by atoms with E-state index in [1.54, 1.807) is 11.6 Å². The third-order valence-corrected chi connectivity index (χ3v) is 5.28. The molecular formula is C15H29N3O2S. The summed E-state index contributed by atoms with van der Waals surface area (Å²) in [7, 11) is -3.41. The van der Waals surface area contributed by atoms with Crippen molar-refractivity contribution in [3.63, 3.8) is 0 Å². The van der Waals surface area contributed by atoms with Gasteiger partial charge in [0, 0.05) is 13.1 Å². The van der Waals surface area contributed by atoms with Crippen molar-refractivity contribution >= 4 is 10.0 Å². The number of hydrogen-bond donors (Lipinski definition) is 1. The molecule has 0 fully saturated rings. The Morgan fingerprint density at radius 3 is 2.29 bits per heavy atom. The van der Waals surface area contributed by atoms with E-state index in [4.69, 9.17) is 0 Å². The lowest BCUT2D eigenvalue weighted by Gasteiger charge is -2.07. The van der Waals surface area contributed by atoms with Crippen molar-refractivity contribution in [3.05, 3.63) is 11.9 Å². The second-order valence-corrected chi connectivity index (χ2v) is 7.16. The number of nitrogens with one attached hydrogen (secondary N) is 1. The Kier molecular flexibility index (Phi) is 7.96. The number of rotatable bonds is 11. The van der Waals surface area contributed by atoms with E-state index in [2.05, 4.69) is 16.7 Å². The molecule has 0 unspecified atom stereocenters. The van der Waals surface area contributed by atoms with Gasteiger partial charge in [0.2, 0.25) is 10.0 Å². The lowest BCUT2D eigenvalue weighted by molar-refractivity contribution is 0.562. The number of aromatic nitrogens is 2. The minimum atomic E-state index is -3.41. The minimum absolute atomic E-state index is 0.298. The fourth-order valence-corrected chi connectivity index (χ4v) is 3.63. The molecule has 0 atom stereocenters. The molecule has 0 spiro atoms. The topological polar surface area (TPSA) is 64.0 Å². The maximum Gasteiger partial charge on any atom is 0.243 e. The van der Waals surface area contributed by atoms with Gasteiger partial charge in [-0.05, 0) is 20.3 Å². The van der Waals surface area contributed by atoms with Crippen molar-refractivity contribution in [2.24, 2.45) is 0 Å². The summed E-state index contributed by atoms with van der Waals surface area (Å²) < 4.78 is 28.8. The van der Waals surface area contributed by atoms with Gasteiger partial charge in [-0.25, -0.2) is 13.1 Å². The summed E-state index contributed by atoms with van der Waals surface area (Å²) in [6.07, 6.45) is 9.70. The van der Waals surface area contributed by atoms with E-state index in [1.165, 1.54) is 38.3 Å². The van der Waals surface area contributed by atoms with Gasteiger partial charge in [0.1, 0.15) is 4.90 Å². The molecule has 0 amide bonds. The van der Waals surface area contributed by atoms with E-state index in [1.807, 2.05) is 6.92 Å². The van der Waals surface area contributed by atoms with Crippen LogP contribution in [0.3, 0.4) is 0 Å². The zero-order valence-corrected chi connectivity index (χ0v) is 14.4. The monoisotopic (exact) mass is 315 g/mol. The third-order valence-electron chi connectivity index (χ3n) is 3.72. The molecule has 1 aromatic rings. The van der Waals surface area contributed by atoms with Crippen molar-refractivity contribution < 1.29 is 8.42 Å². The molecule has 1 N–H and O–H groups in total. The van der Waals surface area contributed by atoms with Gasteiger partial charge in [-0.1, -0.05) is 45.4 Å². The second-order valence-electron chi connectivity index (χ2n) is 5.43. The normalized spacial score (nSPS) is 12.0. The molecule has 21 heavy (non-hydrogen) atoms. The van der Waals surface area contributed by atoms with Crippen LogP contribution in [0.5, 0.6) is 0 Å². The summed E-state index contributed by atoms with van der Waals surface area (Å²) in [6.45, 7) is 7.13. The van der Waals surface area contributed by atoms with Crippen molar-refractivity contribution in [3.8, 4) is 0 Å². The highest BCUT2D eigenvalue weighted by atomic mass is 32.2. The standard InChI is InChI=1S/C15H29N3O2S/c1-4-6-7-8-9-10-11-12-17-21(19,20)15-13-16-18(5-2)14(15)3/h13,17H,4-12H2,1-3H3. The van der Waals surface area contributed by atoms with Gasteiger partial charge in [0.05, 0.1) is 11.9 Å². The predicted molar refractivity (Wildman–Crippen MR) is 85.8 cm³/mol. The fourth-order valence-electron chi connectivity index (χ4n) is 2.38. The van der Waals surface area contributed by atoms with E-state index < -0.39 is 10.0 Å². The summed E-state index contributed by atoms with van der Waals surface area (Å²) in [6, 6.07) is 0. The molecular weight excluding hydrogens is 286 g/mol. The van der Waals surface area contributed by atoms with Crippen LogP contribution in [0.15, 0.2) is 11.1 Å². The Balaban J connectivity index is 2.32. The lowest BCUT2D eigenvalue weighted by Crippen LogP contribution is -2.25. The van der Waals surface area contributed by atoms with Crippen LogP contribution < -0.4 is 4.72 Å². The van der Waals surface area contributed by atoms with Gasteiger partial charge in [-0.15, -0.1) is 0 Å². The maximum absolute atomic E-state index is 12.2. The highest BCUT2D eigenvalue weighted by Gasteiger charge is 2.19. The summed E-state index contributed by atoms with van der Waals surface area (Å²) >= 11 is 0. The summed E-state index contributed by atoms with van der Waals surface area (Å²) in [5.41, 5.74) is 0.699. The van der Waals surface area contributed by atoms with Crippen LogP contribution >= 0.6 is 0 Å². The molecule has 0 aliphatic carbocycles. The molecule has 1 heterocycles. The number of sulfonamides is 1. The summed E-state index contributed by atoms with van der Waals surface area (Å²) in [4.78, 5) is 0.298. The first-order chi connectivity index (χ1) is 10.0. The number of unbranched alkanes of at least 4 members (excludes halogenated alkanes) is 6. The number of aryl methyl sites for hydroxylation is 1. The van der Waals surface area contributed by atoms with E-state index >= 15 is 0 Å². The Morgan fingerprint density at radius 2 is 1.71 bits per heavy atom. The molecule has 0 saturated heterocycles. The van der Waals surface area contributed by atoms with Crippen LogP contribution in [-0.2, 0) is 16.6 Å².